The molecule has 0 unspecified atom stereocenters. The summed E-state index contributed by atoms with van der Waals surface area (Å²) in [7, 11) is 2.78. The Hall–Kier alpha value is -2.23. The van der Waals surface area contributed by atoms with Gasteiger partial charge >= 0.3 is 5.69 Å². The third kappa shape index (κ3) is 2.32. The van der Waals surface area contributed by atoms with Crippen molar-refractivity contribution in [2.45, 2.75) is 6.92 Å². The van der Waals surface area contributed by atoms with Crippen molar-refractivity contribution >= 4 is 33.6 Å². The number of hydrogen-bond donors (Lipinski definition) is 0. The maximum absolute atomic E-state index is 14.4. The molecule has 0 atom stereocenters. The summed E-state index contributed by atoms with van der Waals surface area (Å²) >= 11 is 1.96. The first-order valence-electron chi connectivity index (χ1n) is 7.02. The summed E-state index contributed by atoms with van der Waals surface area (Å²) in [6.45, 7) is 1.59. The van der Waals surface area contributed by atoms with Gasteiger partial charge in [-0.2, -0.15) is 0 Å². The van der Waals surface area contributed by atoms with Crippen molar-refractivity contribution in [3.63, 3.8) is 0 Å². The third-order valence-corrected chi connectivity index (χ3v) is 4.61. The van der Waals surface area contributed by atoms with Gasteiger partial charge in [-0.15, -0.1) is 0 Å². The molecule has 8 heteroatoms. The van der Waals surface area contributed by atoms with Crippen LogP contribution in [0.4, 0.5) is 4.39 Å². The molecule has 0 radical (unpaired) electrons. The summed E-state index contributed by atoms with van der Waals surface area (Å²) in [6, 6.07) is 5.81. The van der Waals surface area contributed by atoms with Crippen LogP contribution in [-0.2, 0) is 14.1 Å². The van der Waals surface area contributed by atoms with Crippen molar-refractivity contribution < 1.29 is 4.39 Å². The Morgan fingerprint density at radius 3 is 2.29 bits per heavy atom. The zero-order chi connectivity index (χ0) is 17.8. The van der Waals surface area contributed by atoms with Gasteiger partial charge in [0.1, 0.15) is 11.5 Å². The first-order chi connectivity index (χ1) is 11.2. The Labute approximate surface area is 148 Å². The molecule has 1 aromatic carbocycles. The second kappa shape index (κ2) is 5.69. The van der Waals surface area contributed by atoms with Crippen molar-refractivity contribution in [1.29, 1.82) is 0 Å². The van der Waals surface area contributed by atoms with Crippen LogP contribution in [0.2, 0.25) is 0 Å². The fraction of sp³-hybridized carbons (Fsp3) is 0.188. The summed E-state index contributed by atoms with van der Waals surface area (Å²) in [5.74, 6) is -0.614. The van der Waals surface area contributed by atoms with Crippen molar-refractivity contribution in [2.24, 2.45) is 14.1 Å². The number of benzene rings is 1. The van der Waals surface area contributed by atoms with Crippen LogP contribution >= 0.6 is 22.6 Å². The van der Waals surface area contributed by atoms with Gasteiger partial charge in [-0.3, -0.25) is 18.7 Å². The number of nitrogens with zero attached hydrogens (tertiary/aromatic N) is 3. The highest BCUT2D eigenvalue weighted by atomic mass is 127. The summed E-state index contributed by atoms with van der Waals surface area (Å²) in [5, 5.41) is 0.176. The molecule has 0 amide bonds. The molecule has 3 rings (SSSR count). The highest BCUT2D eigenvalue weighted by Crippen LogP contribution is 2.18. The lowest BCUT2D eigenvalue weighted by Gasteiger charge is -2.16. The van der Waals surface area contributed by atoms with Gasteiger partial charge < -0.3 is 0 Å². The lowest BCUT2D eigenvalue weighted by molar-refractivity contribution is 0.608. The molecule has 6 nitrogen and oxygen atoms in total. The number of aromatic nitrogens is 3. The summed E-state index contributed by atoms with van der Waals surface area (Å²) in [4.78, 5) is 37.3. The normalized spacial score (nSPS) is 11.2. The van der Waals surface area contributed by atoms with E-state index in [-0.39, 0.29) is 22.3 Å². The largest absolute Gasteiger partial charge is 0.337 e. The van der Waals surface area contributed by atoms with Crippen molar-refractivity contribution in [3.8, 4) is 5.69 Å². The molecule has 0 aliphatic heterocycles. The van der Waals surface area contributed by atoms with Crippen molar-refractivity contribution in [2.75, 3.05) is 0 Å². The minimum atomic E-state index is -0.716. The van der Waals surface area contributed by atoms with E-state index in [9.17, 15) is 18.8 Å². The quantitative estimate of drug-likeness (QED) is 0.537. The van der Waals surface area contributed by atoms with E-state index in [1.165, 1.54) is 36.9 Å². The lowest BCUT2D eigenvalue weighted by atomic mass is 10.2. The molecule has 124 valence electrons. The number of aryl methyl sites for hydroxylation is 2. The number of fused-ring (bicyclic) bond motifs is 1. The van der Waals surface area contributed by atoms with E-state index in [0.29, 0.717) is 9.13 Å². The van der Waals surface area contributed by atoms with Crippen LogP contribution in [0.5, 0.6) is 0 Å². The molecule has 0 aliphatic rings. The topological polar surface area (TPSA) is 66.0 Å². The van der Waals surface area contributed by atoms with Crippen molar-refractivity contribution in [1.82, 2.24) is 13.7 Å². The standard InChI is InChI=1S/C16H13FIN3O3/c1-8-6-10-13(19(2)14(8)22)21(16(24)20(3)15(10)23)12-5-4-9(18)7-11(12)17/h4-7H,1-3H3. The van der Waals surface area contributed by atoms with Crippen LogP contribution in [-0.4, -0.2) is 13.7 Å². The molecular formula is C16H13FIN3O3. The highest BCUT2D eigenvalue weighted by Gasteiger charge is 2.18. The van der Waals surface area contributed by atoms with E-state index < -0.39 is 17.1 Å². The van der Waals surface area contributed by atoms with E-state index in [2.05, 4.69) is 0 Å². The molecule has 0 N–H and O–H groups in total. The van der Waals surface area contributed by atoms with Crippen LogP contribution in [0.3, 0.4) is 0 Å². The Bertz CT molecular complexity index is 1170. The minimum absolute atomic E-state index is 0.0140. The number of rotatable bonds is 1. The highest BCUT2D eigenvalue weighted by molar-refractivity contribution is 14.1. The zero-order valence-electron chi connectivity index (χ0n) is 13.1. The van der Waals surface area contributed by atoms with E-state index in [1.807, 2.05) is 22.6 Å². The molecule has 24 heavy (non-hydrogen) atoms. The molecule has 2 aromatic heterocycles. The predicted molar refractivity (Wildman–Crippen MR) is 97.4 cm³/mol. The Balaban J connectivity index is 2.67. The molecule has 0 fully saturated rings. The number of halogens is 2. The van der Waals surface area contributed by atoms with Gasteiger partial charge in [-0.25, -0.2) is 13.8 Å². The van der Waals surface area contributed by atoms with Gasteiger partial charge in [0.2, 0.25) is 0 Å². The SMILES string of the molecule is Cc1cc2c(=O)n(C)c(=O)n(-c3ccc(I)cc3F)c2n(C)c1=O. The second-order valence-corrected chi connectivity index (χ2v) is 6.75. The molecule has 0 spiro atoms. The molecule has 0 saturated carbocycles. The molecule has 0 bridgehead atoms. The Morgan fingerprint density at radius 1 is 1.00 bits per heavy atom. The maximum Gasteiger partial charge on any atom is 0.337 e. The first kappa shape index (κ1) is 16.6. The van der Waals surface area contributed by atoms with E-state index in [1.54, 1.807) is 13.0 Å². The van der Waals surface area contributed by atoms with Gasteiger partial charge in [-0.05, 0) is 53.8 Å². The Kier molecular flexibility index (Phi) is 3.94. The van der Waals surface area contributed by atoms with Crippen LogP contribution in [0.15, 0.2) is 38.6 Å². The third-order valence-electron chi connectivity index (χ3n) is 3.94. The molecule has 0 aliphatic carbocycles. The van der Waals surface area contributed by atoms with E-state index >= 15 is 0 Å². The molecule has 0 saturated heterocycles. The smallest absolute Gasteiger partial charge is 0.296 e. The van der Waals surface area contributed by atoms with E-state index in [4.69, 9.17) is 0 Å². The lowest BCUT2D eigenvalue weighted by Crippen LogP contribution is -2.40. The van der Waals surface area contributed by atoms with Crippen molar-refractivity contribution in [3.05, 3.63) is 70.4 Å². The monoisotopic (exact) mass is 441 g/mol. The average molecular weight is 441 g/mol. The zero-order valence-corrected chi connectivity index (χ0v) is 15.3. The summed E-state index contributed by atoms with van der Waals surface area (Å²) in [6.07, 6.45) is 0. The van der Waals surface area contributed by atoms with Crippen LogP contribution in [0, 0.1) is 16.3 Å². The second-order valence-electron chi connectivity index (χ2n) is 5.51. The fourth-order valence-corrected chi connectivity index (χ4v) is 3.15. The summed E-state index contributed by atoms with van der Waals surface area (Å²) in [5.41, 5.74) is -1.17. The van der Waals surface area contributed by atoms with E-state index in [0.717, 1.165) is 9.13 Å². The van der Waals surface area contributed by atoms with Crippen LogP contribution in [0.1, 0.15) is 5.56 Å². The molecule has 2 heterocycles. The fourth-order valence-electron chi connectivity index (χ4n) is 2.70. The van der Waals surface area contributed by atoms with Crippen LogP contribution < -0.4 is 16.8 Å². The Morgan fingerprint density at radius 2 is 1.67 bits per heavy atom. The number of hydrogen-bond acceptors (Lipinski definition) is 3. The average Bonchev–Trinajstić information content (AvgIpc) is 2.53. The van der Waals surface area contributed by atoms with Gasteiger partial charge in [-0.1, -0.05) is 0 Å². The summed E-state index contributed by atoms with van der Waals surface area (Å²) < 4.78 is 18.3. The van der Waals surface area contributed by atoms with Crippen LogP contribution in [0.25, 0.3) is 16.7 Å². The first-order valence-corrected chi connectivity index (χ1v) is 8.09. The minimum Gasteiger partial charge on any atom is -0.296 e. The maximum atomic E-state index is 14.4. The van der Waals surface area contributed by atoms with Gasteiger partial charge in [0, 0.05) is 23.2 Å². The van der Waals surface area contributed by atoms with Gasteiger partial charge in [0.25, 0.3) is 11.1 Å². The van der Waals surface area contributed by atoms with Gasteiger partial charge in [0.15, 0.2) is 0 Å². The molecule has 3 aromatic rings. The number of pyridine rings is 1. The predicted octanol–water partition coefficient (Wildman–Crippen LogP) is 1.44. The molecular weight excluding hydrogens is 428 g/mol. The van der Waals surface area contributed by atoms with Gasteiger partial charge in [0.05, 0.1) is 11.1 Å².